The lowest BCUT2D eigenvalue weighted by Crippen LogP contribution is -2.32. The molecule has 0 aliphatic carbocycles. The van der Waals surface area contributed by atoms with E-state index in [2.05, 4.69) is 9.97 Å². The molecule has 1 amide bonds. The molecule has 1 aliphatic rings. The maximum atomic E-state index is 12.6. The molecule has 2 heterocycles. The molecule has 3 rings (SSSR count). The van der Waals surface area contributed by atoms with Crippen LogP contribution in [0, 0.1) is 0 Å². The second kappa shape index (κ2) is 5.34. The van der Waals surface area contributed by atoms with Crippen LogP contribution in [0.5, 0.6) is 0 Å². The van der Waals surface area contributed by atoms with Crippen molar-refractivity contribution in [3.05, 3.63) is 36.2 Å². The zero-order valence-corrected chi connectivity index (χ0v) is 10.9. The van der Waals surface area contributed by atoms with Crippen molar-refractivity contribution in [2.75, 3.05) is 13.1 Å². The second-order valence-corrected chi connectivity index (χ2v) is 4.94. The number of nitrogens with zero attached hydrogens (tertiary/aromatic N) is 3. The lowest BCUT2D eigenvalue weighted by atomic mass is 10.1. The Morgan fingerprint density at radius 3 is 2.53 bits per heavy atom. The van der Waals surface area contributed by atoms with E-state index in [1.165, 1.54) is 12.8 Å². The van der Waals surface area contributed by atoms with Crippen molar-refractivity contribution >= 4 is 16.9 Å². The monoisotopic (exact) mass is 255 g/mol. The molecule has 1 aromatic heterocycles. The first-order valence-electron chi connectivity index (χ1n) is 6.85. The normalized spacial score (nSPS) is 16.3. The Balaban J connectivity index is 1.96. The molecule has 0 bridgehead atoms. The third-order valence-electron chi connectivity index (χ3n) is 3.62. The van der Waals surface area contributed by atoms with Crippen molar-refractivity contribution in [1.29, 1.82) is 0 Å². The molecule has 0 spiro atoms. The zero-order chi connectivity index (χ0) is 13.1. The van der Waals surface area contributed by atoms with Gasteiger partial charge in [0.25, 0.3) is 5.91 Å². The number of benzene rings is 1. The Morgan fingerprint density at radius 1 is 1.00 bits per heavy atom. The molecule has 0 unspecified atom stereocenters. The van der Waals surface area contributed by atoms with Crippen molar-refractivity contribution in [3.63, 3.8) is 0 Å². The van der Waals surface area contributed by atoms with Crippen LogP contribution in [0.4, 0.5) is 0 Å². The van der Waals surface area contributed by atoms with Crippen molar-refractivity contribution in [2.45, 2.75) is 25.7 Å². The highest BCUT2D eigenvalue weighted by molar-refractivity contribution is 6.04. The third kappa shape index (κ3) is 2.43. The number of para-hydroxylation sites is 1. The number of carbonyl (C=O) groups excluding carboxylic acids is 1. The van der Waals surface area contributed by atoms with Gasteiger partial charge in [-0.05, 0) is 25.0 Å². The van der Waals surface area contributed by atoms with Crippen molar-refractivity contribution < 1.29 is 4.79 Å². The van der Waals surface area contributed by atoms with E-state index in [0.29, 0.717) is 11.1 Å². The van der Waals surface area contributed by atoms with E-state index < -0.39 is 0 Å². The third-order valence-corrected chi connectivity index (χ3v) is 3.62. The van der Waals surface area contributed by atoms with Gasteiger partial charge in [-0.2, -0.15) is 0 Å². The fourth-order valence-electron chi connectivity index (χ4n) is 2.61. The van der Waals surface area contributed by atoms with Crippen LogP contribution in [0.25, 0.3) is 11.0 Å². The van der Waals surface area contributed by atoms with Crippen molar-refractivity contribution in [1.82, 2.24) is 14.9 Å². The van der Waals surface area contributed by atoms with Gasteiger partial charge < -0.3 is 4.90 Å². The lowest BCUT2D eigenvalue weighted by Gasteiger charge is -2.20. The Morgan fingerprint density at radius 2 is 1.74 bits per heavy atom. The van der Waals surface area contributed by atoms with Gasteiger partial charge >= 0.3 is 0 Å². The molecular formula is C15H17N3O. The molecule has 4 heteroatoms. The van der Waals surface area contributed by atoms with Crippen LogP contribution in [-0.2, 0) is 0 Å². The number of rotatable bonds is 1. The van der Waals surface area contributed by atoms with Crippen molar-refractivity contribution in [3.8, 4) is 0 Å². The largest absolute Gasteiger partial charge is 0.339 e. The zero-order valence-electron chi connectivity index (χ0n) is 10.9. The van der Waals surface area contributed by atoms with E-state index in [1.807, 2.05) is 23.1 Å². The summed E-state index contributed by atoms with van der Waals surface area (Å²) >= 11 is 0. The second-order valence-electron chi connectivity index (χ2n) is 4.94. The van der Waals surface area contributed by atoms with E-state index in [1.54, 1.807) is 12.4 Å². The minimum Gasteiger partial charge on any atom is -0.339 e. The molecule has 0 saturated carbocycles. The molecule has 4 nitrogen and oxygen atoms in total. The predicted molar refractivity (Wildman–Crippen MR) is 73.9 cm³/mol. The first-order valence-corrected chi connectivity index (χ1v) is 6.85. The molecule has 1 saturated heterocycles. The summed E-state index contributed by atoms with van der Waals surface area (Å²) in [5, 5.41) is 0. The molecule has 1 fully saturated rings. The highest BCUT2D eigenvalue weighted by Crippen LogP contribution is 2.18. The number of amides is 1. The fourth-order valence-corrected chi connectivity index (χ4v) is 2.61. The highest BCUT2D eigenvalue weighted by Gasteiger charge is 2.19. The SMILES string of the molecule is O=C(c1cccc2nccnc12)N1CCCCCC1. The van der Waals surface area contributed by atoms with E-state index in [9.17, 15) is 4.79 Å². The van der Waals surface area contributed by atoms with Crippen LogP contribution < -0.4 is 0 Å². The average Bonchev–Trinajstić information content (AvgIpc) is 2.75. The number of fused-ring (bicyclic) bond motifs is 1. The molecule has 0 N–H and O–H groups in total. The number of hydrogen-bond acceptors (Lipinski definition) is 3. The maximum absolute atomic E-state index is 12.6. The van der Waals surface area contributed by atoms with Crippen LogP contribution >= 0.6 is 0 Å². The average molecular weight is 255 g/mol. The Labute approximate surface area is 112 Å². The molecule has 1 aromatic carbocycles. The molecule has 2 aromatic rings. The van der Waals surface area contributed by atoms with Gasteiger partial charge in [-0.15, -0.1) is 0 Å². The van der Waals surface area contributed by atoms with Gasteiger partial charge in [0.15, 0.2) is 0 Å². The fraction of sp³-hybridized carbons (Fsp3) is 0.400. The molecule has 0 atom stereocenters. The van der Waals surface area contributed by atoms with Gasteiger partial charge in [0.2, 0.25) is 0 Å². The summed E-state index contributed by atoms with van der Waals surface area (Å²) in [6.45, 7) is 1.71. The summed E-state index contributed by atoms with van der Waals surface area (Å²) in [4.78, 5) is 23.1. The summed E-state index contributed by atoms with van der Waals surface area (Å²) in [7, 11) is 0. The number of aromatic nitrogens is 2. The summed E-state index contributed by atoms with van der Waals surface area (Å²) in [6.07, 6.45) is 7.94. The van der Waals surface area contributed by atoms with Crippen LogP contribution in [-0.4, -0.2) is 33.9 Å². The Bertz CT molecular complexity index is 583. The lowest BCUT2D eigenvalue weighted by molar-refractivity contribution is 0.0763. The Kier molecular flexibility index (Phi) is 3.40. The minimum absolute atomic E-state index is 0.0907. The topological polar surface area (TPSA) is 46.1 Å². The van der Waals surface area contributed by atoms with Crippen LogP contribution in [0.3, 0.4) is 0 Å². The van der Waals surface area contributed by atoms with Crippen LogP contribution in [0.15, 0.2) is 30.6 Å². The summed E-state index contributed by atoms with van der Waals surface area (Å²) in [5.74, 6) is 0.0907. The van der Waals surface area contributed by atoms with E-state index in [-0.39, 0.29) is 5.91 Å². The predicted octanol–water partition coefficient (Wildman–Crippen LogP) is 2.65. The molecule has 98 valence electrons. The first-order chi connectivity index (χ1) is 9.36. The molecule has 19 heavy (non-hydrogen) atoms. The smallest absolute Gasteiger partial charge is 0.256 e. The molecular weight excluding hydrogens is 238 g/mol. The molecule has 1 aliphatic heterocycles. The van der Waals surface area contributed by atoms with E-state index in [4.69, 9.17) is 0 Å². The van der Waals surface area contributed by atoms with Gasteiger partial charge in [-0.1, -0.05) is 18.9 Å². The van der Waals surface area contributed by atoms with E-state index >= 15 is 0 Å². The molecule has 0 radical (unpaired) electrons. The van der Waals surface area contributed by atoms with Gasteiger partial charge in [0.1, 0.15) is 5.52 Å². The number of hydrogen-bond donors (Lipinski definition) is 0. The Hall–Kier alpha value is -1.97. The minimum atomic E-state index is 0.0907. The maximum Gasteiger partial charge on any atom is 0.256 e. The standard InChI is InChI=1S/C15H17N3O/c19-15(18-10-3-1-2-4-11-18)12-6-5-7-13-14(12)17-9-8-16-13/h5-9H,1-4,10-11H2. The quantitative estimate of drug-likeness (QED) is 0.787. The van der Waals surface area contributed by atoms with Crippen LogP contribution in [0.1, 0.15) is 36.0 Å². The number of likely N-dealkylation sites (tertiary alicyclic amines) is 1. The highest BCUT2D eigenvalue weighted by atomic mass is 16.2. The summed E-state index contributed by atoms with van der Waals surface area (Å²) < 4.78 is 0. The van der Waals surface area contributed by atoms with Gasteiger partial charge in [-0.3, -0.25) is 14.8 Å². The van der Waals surface area contributed by atoms with E-state index in [0.717, 1.165) is 31.4 Å². The first kappa shape index (κ1) is 12.1. The van der Waals surface area contributed by atoms with Crippen LogP contribution in [0.2, 0.25) is 0 Å². The van der Waals surface area contributed by atoms with Gasteiger partial charge in [-0.25, -0.2) is 0 Å². The summed E-state index contributed by atoms with van der Waals surface area (Å²) in [5.41, 5.74) is 2.16. The summed E-state index contributed by atoms with van der Waals surface area (Å²) in [6, 6.07) is 5.62. The van der Waals surface area contributed by atoms with Gasteiger partial charge in [0.05, 0.1) is 11.1 Å². The number of carbonyl (C=O) groups is 1. The van der Waals surface area contributed by atoms with Gasteiger partial charge in [0, 0.05) is 25.5 Å². The van der Waals surface area contributed by atoms with Crippen molar-refractivity contribution in [2.24, 2.45) is 0 Å².